The molecule has 0 radical (unpaired) electrons. The zero-order valence-electron chi connectivity index (χ0n) is 23.3. The van der Waals surface area contributed by atoms with Crippen LogP contribution in [-0.2, 0) is 39.8 Å². The predicted molar refractivity (Wildman–Crippen MR) is 147 cm³/mol. The average Bonchev–Trinajstić information content (AvgIpc) is 3.52. The molecular formula is C31H35ClO9. The lowest BCUT2D eigenvalue weighted by Crippen LogP contribution is -2.58. The highest BCUT2D eigenvalue weighted by Crippen LogP contribution is 2.52. The SMILES string of the molecule is CC(=O)OC[C@H]1OC(c2ccc(Cl)c(Cc3ccc(OC4CC5CC5C4)cc3)c2)[C@H](OC(C)=O)[C@@H](OC(C)=O)[C@@H]1O. The van der Waals surface area contributed by atoms with Crippen LogP contribution < -0.4 is 4.74 Å². The average molecular weight is 587 g/mol. The van der Waals surface area contributed by atoms with Gasteiger partial charge in [-0.25, -0.2) is 0 Å². The molecule has 220 valence electrons. The normalized spacial score (nSPS) is 30.2. The number of hydrogen-bond acceptors (Lipinski definition) is 9. The van der Waals surface area contributed by atoms with Crippen LogP contribution in [0.2, 0.25) is 5.02 Å². The van der Waals surface area contributed by atoms with Crippen LogP contribution in [0, 0.1) is 11.8 Å². The van der Waals surface area contributed by atoms with E-state index in [9.17, 15) is 19.5 Å². The largest absolute Gasteiger partial charge is 0.490 e. The van der Waals surface area contributed by atoms with Gasteiger partial charge in [0.05, 0.1) is 6.10 Å². The molecule has 1 heterocycles. The molecule has 0 bridgehead atoms. The number of halogens is 1. The van der Waals surface area contributed by atoms with E-state index < -0.39 is 48.4 Å². The lowest BCUT2D eigenvalue weighted by atomic mass is 9.89. The molecule has 7 atom stereocenters. The van der Waals surface area contributed by atoms with Gasteiger partial charge in [-0.2, -0.15) is 0 Å². The quantitative estimate of drug-likeness (QED) is 0.338. The Bertz CT molecular complexity index is 1270. The molecule has 0 spiro atoms. The molecule has 2 aliphatic carbocycles. The number of aliphatic hydroxyl groups excluding tert-OH is 1. The van der Waals surface area contributed by atoms with Crippen LogP contribution in [-0.4, -0.2) is 60.1 Å². The van der Waals surface area contributed by atoms with Crippen LogP contribution in [0.25, 0.3) is 0 Å². The molecule has 10 heteroatoms. The number of fused-ring (bicyclic) bond motifs is 1. The van der Waals surface area contributed by atoms with Crippen LogP contribution >= 0.6 is 11.6 Å². The van der Waals surface area contributed by atoms with E-state index in [1.54, 1.807) is 12.1 Å². The van der Waals surface area contributed by atoms with Gasteiger partial charge in [-0.05, 0) is 72.4 Å². The third-order valence-corrected chi connectivity index (χ3v) is 8.30. The standard InChI is InChI=1S/C31H35ClO9/c1-16(33)37-15-27-28(36)30(38-17(2)34)31(39-18(3)35)29(41-27)20-6-9-26(32)23(11-20)10-19-4-7-24(8-5-19)40-25-13-21-12-22(21)14-25/h4-9,11,21-22,25,27-31,36H,10,12-15H2,1-3H3/t21?,22?,25?,27-,28-,29?,30+,31+/m1/s1. The molecule has 3 fully saturated rings. The molecule has 1 aliphatic heterocycles. The Labute approximate surface area is 244 Å². The number of aliphatic hydroxyl groups is 1. The maximum atomic E-state index is 12.0. The Hall–Kier alpha value is -3.14. The van der Waals surface area contributed by atoms with Gasteiger partial charge in [0, 0.05) is 25.8 Å². The monoisotopic (exact) mass is 586 g/mol. The predicted octanol–water partition coefficient (Wildman–Crippen LogP) is 4.34. The van der Waals surface area contributed by atoms with E-state index in [1.165, 1.54) is 27.2 Å². The number of hydrogen-bond donors (Lipinski definition) is 1. The topological polar surface area (TPSA) is 118 Å². The van der Waals surface area contributed by atoms with Gasteiger partial charge in [0.1, 0.15) is 30.7 Å². The van der Waals surface area contributed by atoms with E-state index >= 15 is 0 Å². The fourth-order valence-corrected chi connectivity index (χ4v) is 6.12. The maximum Gasteiger partial charge on any atom is 0.303 e. The summed E-state index contributed by atoms with van der Waals surface area (Å²) in [5.41, 5.74) is 2.41. The number of esters is 3. The molecule has 0 aromatic heterocycles. The van der Waals surface area contributed by atoms with Gasteiger partial charge in [0.25, 0.3) is 0 Å². The molecule has 2 saturated carbocycles. The van der Waals surface area contributed by atoms with Gasteiger partial charge in [-0.3, -0.25) is 14.4 Å². The number of ether oxygens (including phenoxy) is 5. The first-order valence-electron chi connectivity index (χ1n) is 13.9. The van der Waals surface area contributed by atoms with Crippen molar-refractivity contribution in [3.63, 3.8) is 0 Å². The smallest absolute Gasteiger partial charge is 0.303 e. The highest BCUT2D eigenvalue weighted by Gasteiger charge is 2.50. The van der Waals surface area contributed by atoms with Crippen LogP contribution in [0.1, 0.15) is 62.8 Å². The summed E-state index contributed by atoms with van der Waals surface area (Å²) in [5.74, 6) is 0.685. The van der Waals surface area contributed by atoms with Gasteiger partial charge in [0.2, 0.25) is 0 Å². The molecular weight excluding hydrogens is 552 g/mol. The van der Waals surface area contributed by atoms with Gasteiger partial charge in [0.15, 0.2) is 12.2 Å². The van der Waals surface area contributed by atoms with Crippen molar-refractivity contribution >= 4 is 29.5 Å². The molecule has 1 N–H and O–H groups in total. The molecule has 1 saturated heterocycles. The van der Waals surface area contributed by atoms with Crippen molar-refractivity contribution in [3.05, 3.63) is 64.2 Å². The summed E-state index contributed by atoms with van der Waals surface area (Å²) in [6.45, 7) is 3.36. The van der Waals surface area contributed by atoms with Gasteiger partial charge < -0.3 is 28.8 Å². The lowest BCUT2D eigenvalue weighted by Gasteiger charge is -2.43. The van der Waals surface area contributed by atoms with Gasteiger partial charge in [-0.15, -0.1) is 0 Å². The first kappa shape index (κ1) is 29.4. The first-order valence-corrected chi connectivity index (χ1v) is 14.3. The van der Waals surface area contributed by atoms with E-state index in [-0.39, 0.29) is 6.61 Å². The molecule has 41 heavy (non-hydrogen) atoms. The summed E-state index contributed by atoms with van der Waals surface area (Å²) in [6, 6.07) is 13.2. The Kier molecular flexibility index (Phi) is 8.87. The van der Waals surface area contributed by atoms with Crippen molar-refractivity contribution in [1.82, 2.24) is 0 Å². The highest BCUT2D eigenvalue weighted by atomic mass is 35.5. The zero-order valence-corrected chi connectivity index (χ0v) is 24.0. The van der Waals surface area contributed by atoms with E-state index in [4.69, 9.17) is 35.3 Å². The van der Waals surface area contributed by atoms with Crippen molar-refractivity contribution < 1.29 is 43.2 Å². The van der Waals surface area contributed by atoms with Crippen LogP contribution in [0.3, 0.4) is 0 Å². The molecule has 9 nitrogen and oxygen atoms in total. The van der Waals surface area contributed by atoms with Crippen LogP contribution in [0.4, 0.5) is 0 Å². The number of carbonyl (C=O) groups excluding carboxylic acids is 3. The summed E-state index contributed by atoms with van der Waals surface area (Å²) in [7, 11) is 0. The Morgan fingerprint density at radius 2 is 1.56 bits per heavy atom. The zero-order chi connectivity index (χ0) is 29.3. The Morgan fingerprint density at radius 1 is 0.902 bits per heavy atom. The molecule has 5 rings (SSSR count). The van der Waals surface area contributed by atoms with E-state index in [2.05, 4.69) is 0 Å². The number of rotatable bonds is 9. The van der Waals surface area contributed by atoms with E-state index in [0.717, 1.165) is 41.6 Å². The van der Waals surface area contributed by atoms with Crippen molar-refractivity contribution in [2.75, 3.05) is 6.61 Å². The van der Waals surface area contributed by atoms with Crippen molar-refractivity contribution in [1.29, 1.82) is 0 Å². The van der Waals surface area contributed by atoms with Crippen LogP contribution in [0.5, 0.6) is 5.75 Å². The summed E-state index contributed by atoms with van der Waals surface area (Å²) in [6.07, 6.45) is -1.37. The third-order valence-electron chi connectivity index (χ3n) is 7.94. The molecule has 3 aliphatic rings. The third kappa shape index (κ3) is 7.20. The van der Waals surface area contributed by atoms with Gasteiger partial charge >= 0.3 is 17.9 Å². The number of benzene rings is 2. The Balaban J connectivity index is 1.37. The fourth-order valence-electron chi connectivity index (χ4n) is 5.94. The summed E-state index contributed by atoms with van der Waals surface area (Å²) >= 11 is 6.58. The molecule has 0 amide bonds. The second kappa shape index (κ2) is 12.4. The summed E-state index contributed by atoms with van der Waals surface area (Å²) < 4.78 is 28.3. The first-order chi connectivity index (χ1) is 19.6. The lowest BCUT2D eigenvalue weighted by molar-refractivity contribution is -0.249. The van der Waals surface area contributed by atoms with Crippen molar-refractivity contribution in [2.24, 2.45) is 11.8 Å². The molecule has 2 aromatic rings. The summed E-state index contributed by atoms with van der Waals surface area (Å²) in [4.78, 5) is 35.4. The second-order valence-electron chi connectivity index (χ2n) is 11.2. The van der Waals surface area contributed by atoms with E-state index in [0.29, 0.717) is 23.1 Å². The van der Waals surface area contributed by atoms with Crippen LogP contribution in [0.15, 0.2) is 42.5 Å². The molecule has 2 aromatic carbocycles. The minimum atomic E-state index is -1.42. The van der Waals surface area contributed by atoms with E-state index in [1.807, 2.05) is 30.3 Å². The fraction of sp³-hybridized carbons (Fsp3) is 0.516. The van der Waals surface area contributed by atoms with Crippen molar-refractivity contribution in [3.8, 4) is 5.75 Å². The second-order valence-corrected chi connectivity index (χ2v) is 11.6. The highest BCUT2D eigenvalue weighted by molar-refractivity contribution is 6.31. The minimum Gasteiger partial charge on any atom is -0.490 e. The maximum absolute atomic E-state index is 12.0. The van der Waals surface area contributed by atoms with Crippen molar-refractivity contribution in [2.45, 2.75) is 83.1 Å². The Morgan fingerprint density at radius 3 is 2.20 bits per heavy atom. The minimum absolute atomic E-state index is 0.283. The molecule has 3 unspecified atom stereocenters. The number of carbonyl (C=O) groups is 3. The van der Waals surface area contributed by atoms with Gasteiger partial charge in [-0.1, -0.05) is 35.9 Å². The summed E-state index contributed by atoms with van der Waals surface area (Å²) in [5, 5.41) is 11.5.